The van der Waals surface area contributed by atoms with Crippen LogP contribution in [0.3, 0.4) is 0 Å². The molecule has 0 aliphatic heterocycles. The molecule has 2 rings (SSSR count). The zero-order valence-electron chi connectivity index (χ0n) is 10.6. The minimum absolute atomic E-state index is 0.370. The third kappa shape index (κ3) is 3.23. The van der Waals surface area contributed by atoms with E-state index in [1.807, 2.05) is 0 Å². The van der Waals surface area contributed by atoms with Gasteiger partial charge in [-0.15, -0.1) is 5.10 Å². The molecule has 1 atom stereocenters. The van der Waals surface area contributed by atoms with Gasteiger partial charge < -0.3 is 4.74 Å². The van der Waals surface area contributed by atoms with E-state index in [0.717, 1.165) is 0 Å². The van der Waals surface area contributed by atoms with Crippen LogP contribution in [0.1, 0.15) is 10.8 Å². The number of carbonyl (C=O) groups excluding carboxylic acids is 1. The number of aryl methyl sites for hydroxylation is 1. The van der Waals surface area contributed by atoms with E-state index >= 15 is 0 Å². The highest BCUT2D eigenvalue weighted by Gasteiger charge is 2.25. The highest BCUT2D eigenvalue weighted by atomic mass is 35.5. The predicted molar refractivity (Wildman–Crippen MR) is 75.9 cm³/mol. The average molecular weight is 333 g/mol. The SMILES string of the molecule is COC(=O)[C@H](Sc1nnnn1C)c1ccc(Cl)c(Cl)c1. The topological polar surface area (TPSA) is 69.9 Å². The summed E-state index contributed by atoms with van der Waals surface area (Å²) >= 11 is 13.0. The molecule has 106 valence electrons. The summed E-state index contributed by atoms with van der Waals surface area (Å²) in [5.74, 6) is -0.420. The fourth-order valence-corrected chi connectivity index (χ4v) is 2.73. The molecular formula is C11H10Cl2N4O2S. The molecule has 0 amide bonds. The first kappa shape index (κ1) is 15.1. The molecule has 0 aliphatic carbocycles. The molecule has 0 spiro atoms. The molecule has 20 heavy (non-hydrogen) atoms. The molecule has 1 aromatic carbocycles. The average Bonchev–Trinajstić information content (AvgIpc) is 2.84. The summed E-state index contributed by atoms with van der Waals surface area (Å²) in [6, 6.07) is 4.97. The van der Waals surface area contributed by atoms with Crippen molar-refractivity contribution in [2.75, 3.05) is 7.11 Å². The summed E-state index contributed by atoms with van der Waals surface area (Å²) in [5, 5.41) is 11.7. The molecule has 0 N–H and O–H groups in total. The summed E-state index contributed by atoms with van der Waals surface area (Å²) in [4.78, 5) is 11.9. The van der Waals surface area contributed by atoms with E-state index in [0.29, 0.717) is 20.8 Å². The van der Waals surface area contributed by atoms with Crippen LogP contribution in [0.2, 0.25) is 10.0 Å². The van der Waals surface area contributed by atoms with Gasteiger partial charge in [0.15, 0.2) is 0 Å². The number of tetrazole rings is 1. The highest BCUT2D eigenvalue weighted by Crippen LogP contribution is 2.36. The number of methoxy groups -OCH3 is 1. The van der Waals surface area contributed by atoms with Crippen LogP contribution in [0.15, 0.2) is 23.4 Å². The van der Waals surface area contributed by atoms with Gasteiger partial charge in [0.2, 0.25) is 5.16 Å². The molecule has 2 aromatic rings. The third-order valence-electron chi connectivity index (χ3n) is 2.47. The number of thioether (sulfide) groups is 1. The minimum Gasteiger partial charge on any atom is -0.468 e. The summed E-state index contributed by atoms with van der Waals surface area (Å²) in [7, 11) is 3.01. The molecule has 1 heterocycles. The second-order valence-corrected chi connectivity index (χ2v) is 5.67. The molecular weight excluding hydrogens is 323 g/mol. The lowest BCUT2D eigenvalue weighted by atomic mass is 10.1. The van der Waals surface area contributed by atoms with Gasteiger partial charge in [0.05, 0.1) is 17.2 Å². The van der Waals surface area contributed by atoms with E-state index in [1.54, 1.807) is 25.2 Å². The van der Waals surface area contributed by atoms with Crippen molar-refractivity contribution in [3.63, 3.8) is 0 Å². The molecule has 9 heteroatoms. The quantitative estimate of drug-likeness (QED) is 0.633. The van der Waals surface area contributed by atoms with E-state index in [2.05, 4.69) is 15.5 Å². The van der Waals surface area contributed by atoms with Crippen molar-refractivity contribution < 1.29 is 9.53 Å². The Morgan fingerprint density at radius 1 is 1.40 bits per heavy atom. The predicted octanol–water partition coefficient (Wildman–Crippen LogP) is 2.52. The van der Waals surface area contributed by atoms with E-state index in [4.69, 9.17) is 27.9 Å². The fourth-order valence-electron chi connectivity index (χ4n) is 1.46. The van der Waals surface area contributed by atoms with Crippen LogP contribution in [0, 0.1) is 0 Å². The van der Waals surface area contributed by atoms with Gasteiger partial charge in [0.1, 0.15) is 5.25 Å². The molecule has 0 aliphatic rings. The van der Waals surface area contributed by atoms with E-state index in [-0.39, 0.29) is 0 Å². The summed E-state index contributed by atoms with van der Waals surface area (Å²) in [5.41, 5.74) is 0.666. The molecule has 0 saturated carbocycles. The number of ether oxygens (including phenoxy) is 1. The number of aromatic nitrogens is 4. The van der Waals surface area contributed by atoms with Crippen LogP contribution in [0.25, 0.3) is 0 Å². The van der Waals surface area contributed by atoms with Gasteiger partial charge in [-0.3, -0.25) is 4.79 Å². The number of nitrogens with zero attached hydrogens (tertiary/aromatic N) is 4. The molecule has 6 nitrogen and oxygen atoms in total. The molecule has 1 aromatic heterocycles. The number of esters is 1. The van der Waals surface area contributed by atoms with Gasteiger partial charge >= 0.3 is 5.97 Å². The Labute approximate surface area is 129 Å². The van der Waals surface area contributed by atoms with Gasteiger partial charge in [-0.2, -0.15) is 0 Å². The Hall–Kier alpha value is -1.31. The molecule has 0 saturated heterocycles. The maximum absolute atomic E-state index is 11.9. The van der Waals surface area contributed by atoms with Crippen LogP contribution in [0.5, 0.6) is 0 Å². The maximum atomic E-state index is 11.9. The van der Waals surface area contributed by atoms with Crippen molar-refractivity contribution in [1.29, 1.82) is 0 Å². The normalized spacial score (nSPS) is 12.2. The summed E-state index contributed by atoms with van der Waals surface area (Å²) < 4.78 is 6.28. The standard InChI is InChI=1S/C11H10Cl2N4O2S/c1-17-11(14-15-16-17)20-9(10(18)19-2)6-3-4-7(12)8(13)5-6/h3-5,9H,1-2H3/t9-/m1/s1. The fraction of sp³-hybridized carbons (Fsp3) is 0.273. The van der Waals surface area contributed by atoms with E-state index in [9.17, 15) is 4.79 Å². The Balaban J connectivity index is 2.34. The van der Waals surface area contributed by atoms with Crippen LogP contribution < -0.4 is 0 Å². The zero-order valence-corrected chi connectivity index (χ0v) is 12.9. The molecule has 0 fully saturated rings. The number of hydrogen-bond acceptors (Lipinski definition) is 6. The van der Waals surface area contributed by atoms with Crippen molar-refractivity contribution in [2.24, 2.45) is 7.05 Å². The van der Waals surface area contributed by atoms with Crippen LogP contribution >= 0.6 is 35.0 Å². The van der Waals surface area contributed by atoms with Crippen molar-refractivity contribution in [3.05, 3.63) is 33.8 Å². The Bertz CT molecular complexity index is 635. The van der Waals surface area contributed by atoms with Crippen molar-refractivity contribution >= 4 is 40.9 Å². The Morgan fingerprint density at radius 3 is 2.70 bits per heavy atom. The van der Waals surface area contributed by atoms with Crippen molar-refractivity contribution in [1.82, 2.24) is 20.2 Å². The largest absolute Gasteiger partial charge is 0.468 e. The summed E-state index contributed by atoms with van der Waals surface area (Å²) in [6.07, 6.45) is 0. The van der Waals surface area contributed by atoms with Gasteiger partial charge in [-0.05, 0) is 28.1 Å². The van der Waals surface area contributed by atoms with E-state index in [1.165, 1.54) is 23.6 Å². The lowest BCUT2D eigenvalue weighted by Crippen LogP contribution is -2.12. The van der Waals surface area contributed by atoms with Crippen LogP contribution in [-0.4, -0.2) is 33.3 Å². The Morgan fingerprint density at radius 2 is 2.15 bits per heavy atom. The zero-order chi connectivity index (χ0) is 14.7. The molecule has 0 unspecified atom stereocenters. The van der Waals surface area contributed by atoms with Crippen LogP contribution in [0.4, 0.5) is 0 Å². The first-order valence-corrected chi connectivity index (χ1v) is 7.08. The van der Waals surface area contributed by atoms with Crippen LogP contribution in [-0.2, 0) is 16.6 Å². The molecule has 0 bridgehead atoms. The number of rotatable bonds is 4. The lowest BCUT2D eigenvalue weighted by Gasteiger charge is -2.14. The lowest BCUT2D eigenvalue weighted by molar-refractivity contribution is -0.140. The smallest absolute Gasteiger partial charge is 0.323 e. The first-order valence-electron chi connectivity index (χ1n) is 5.44. The van der Waals surface area contributed by atoms with Gasteiger partial charge in [-0.1, -0.05) is 41.0 Å². The number of carbonyl (C=O) groups is 1. The second kappa shape index (κ2) is 6.43. The van der Waals surface area contributed by atoms with Crippen molar-refractivity contribution in [2.45, 2.75) is 10.4 Å². The highest BCUT2D eigenvalue weighted by molar-refractivity contribution is 8.00. The third-order valence-corrected chi connectivity index (χ3v) is 4.46. The van der Waals surface area contributed by atoms with Gasteiger partial charge in [-0.25, -0.2) is 4.68 Å². The van der Waals surface area contributed by atoms with Crippen molar-refractivity contribution in [3.8, 4) is 0 Å². The van der Waals surface area contributed by atoms with E-state index < -0.39 is 11.2 Å². The number of hydrogen-bond donors (Lipinski definition) is 0. The maximum Gasteiger partial charge on any atom is 0.323 e. The summed E-state index contributed by atoms with van der Waals surface area (Å²) in [6.45, 7) is 0. The van der Waals surface area contributed by atoms with Gasteiger partial charge in [0.25, 0.3) is 0 Å². The second-order valence-electron chi connectivity index (χ2n) is 3.78. The first-order chi connectivity index (χ1) is 9.52. The Kier molecular flexibility index (Phi) is 4.85. The molecule has 0 radical (unpaired) electrons. The monoisotopic (exact) mass is 332 g/mol. The van der Waals surface area contributed by atoms with Gasteiger partial charge in [0, 0.05) is 7.05 Å². The number of benzene rings is 1. The minimum atomic E-state index is -0.625. The number of halogens is 2.